The zero-order valence-electron chi connectivity index (χ0n) is 14.6. The molecule has 0 aliphatic rings. The second kappa shape index (κ2) is 7.01. The second-order valence-electron chi connectivity index (χ2n) is 6.18. The van der Waals surface area contributed by atoms with Gasteiger partial charge < -0.3 is 9.47 Å². The number of nitrogens with one attached hydrogen (secondary N) is 1. The van der Waals surface area contributed by atoms with Crippen molar-refractivity contribution in [3.05, 3.63) is 38.4 Å². The Morgan fingerprint density at radius 1 is 1.32 bits per heavy atom. The lowest BCUT2D eigenvalue weighted by Crippen LogP contribution is -2.17. The van der Waals surface area contributed by atoms with E-state index in [0.717, 1.165) is 0 Å². The van der Waals surface area contributed by atoms with Gasteiger partial charge in [-0.05, 0) is 18.3 Å². The van der Waals surface area contributed by atoms with Crippen LogP contribution in [0.1, 0.15) is 32.2 Å². The summed E-state index contributed by atoms with van der Waals surface area (Å²) < 4.78 is 12.0. The van der Waals surface area contributed by atoms with Crippen molar-refractivity contribution in [1.29, 1.82) is 0 Å². The van der Waals surface area contributed by atoms with E-state index in [0.29, 0.717) is 16.3 Å². The van der Waals surface area contributed by atoms with E-state index >= 15 is 0 Å². The van der Waals surface area contributed by atoms with Crippen LogP contribution in [0.15, 0.2) is 17.2 Å². The van der Waals surface area contributed by atoms with Crippen LogP contribution < -0.4 is 9.47 Å². The van der Waals surface area contributed by atoms with Gasteiger partial charge in [-0.1, -0.05) is 20.8 Å². The molecule has 0 aliphatic heterocycles. The van der Waals surface area contributed by atoms with E-state index in [1.807, 2.05) is 20.8 Å². The molecule has 0 atom stereocenters. The molecule has 0 unspecified atom stereocenters. The van der Waals surface area contributed by atoms with Gasteiger partial charge in [0.05, 0.1) is 37.0 Å². The first-order valence-electron chi connectivity index (χ1n) is 7.31. The molecule has 1 aromatic carbocycles. The lowest BCUT2D eigenvalue weighted by molar-refractivity contribution is -0.385. The number of aromatic nitrogens is 3. The standard InChI is InChI=1S/C15H19N5O4S/c1-15(2,3)13-17-18-14(25)19(13)16-8-9-6-11(23-4)12(24-5)7-10(9)20(21)22/h6-8H,1-5H3,(H,18,25)/b16-8-. The summed E-state index contributed by atoms with van der Waals surface area (Å²) >= 11 is 5.18. The molecule has 0 spiro atoms. The molecule has 134 valence electrons. The van der Waals surface area contributed by atoms with Crippen molar-refractivity contribution in [2.45, 2.75) is 26.2 Å². The quantitative estimate of drug-likeness (QED) is 0.378. The van der Waals surface area contributed by atoms with Crippen molar-refractivity contribution in [2.24, 2.45) is 5.10 Å². The average molecular weight is 365 g/mol. The van der Waals surface area contributed by atoms with Gasteiger partial charge in [-0.2, -0.15) is 14.9 Å². The molecular weight excluding hydrogens is 346 g/mol. The SMILES string of the molecule is COc1cc(/C=N\n2c(C(C)(C)C)n[nH]c2=S)c([N+](=O)[O-])cc1OC. The minimum Gasteiger partial charge on any atom is -0.493 e. The monoisotopic (exact) mass is 365 g/mol. The maximum absolute atomic E-state index is 11.3. The van der Waals surface area contributed by atoms with Gasteiger partial charge in [0.25, 0.3) is 5.69 Å². The highest BCUT2D eigenvalue weighted by atomic mass is 32.1. The zero-order valence-corrected chi connectivity index (χ0v) is 15.4. The highest BCUT2D eigenvalue weighted by molar-refractivity contribution is 7.71. The number of hydrogen-bond donors (Lipinski definition) is 1. The van der Waals surface area contributed by atoms with Crippen LogP contribution in [0.25, 0.3) is 0 Å². The Morgan fingerprint density at radius 2 is 1.92 bits per heavy atom. The molecule has 0 bridgehead atoms. The van der Waals surface area contributed by atoms with Crippen LogP contribution >= 0.6 is 12.2 Å². The van der Waals surface area contributed by atoms with Crippen LogP contribution in [0, 0.1) is 14.9 Å². The molecule has 10 heteroatoms. The fourth-order valence-electron chi connectivity index (χ4n) is 2.15. The molecule has 0 saturated carbocycles. The maximum atomic E-state index is 11.3. The van der Waals surface area contributed by atoms with E-state index in [9.17, 15) is 10.1 Å². The van der Waals surface area contributed by atoms with Crippen molar-refractivity contribution >= 4 is 24.1 Å². The molecule has 0 saturated heterocycles. The number of nitro benzene ring substituents is 1. The first kappa shape index (κ1) is 18.6. The summed E-state index contributed by atoms with van der Waals surface area (Å²) in [5.74, 6) is 1.24. The number of benzene rings is 1. The Morgan fingerprint density at radius 3 is 2.44 bits per heavy atom. The highest BCUT2D eigenvalue weighted by Gasteiger charge is 2.22. The Kier molecular flexibility index (Phi) is 5.21. The number of hydrogen-bond acceptors (Lipinski definition) is 7. The summed E-state index contributed by atoms with van der Waals surface area (Å²) in [5, 5.41) is 22.5. The third kappa shape index (κ3) is 3.85. The summed E-state index contributed by atoms with van der Waals surface area (Å²) in [6, 6.07) is 2.78. The lowest BCUT2D eigenvalue weighted by atomic mass is 9.96. The first-order valence-corrected chi connectivity index (χ1v) is 7.72. The molecule has 0 amide bonds. The fourth-order valence-corrected chi connectivity index (χ4v) is 2.33. The number of nitro groups is 1. The predicted molar refractivity (Wildman–Crippen MR) is 95.3 cm³/mol. The Balaban J connectivity index is 2.57. The van der Waals surface area contributed by atoms with Crippen LogP contribution in [-0.4, -0.2) is 40.2 Å². The number of H-pyrrole nitrogens is 1. The van der Waals surface area contributed by atoms with Crippen molar-refractivity contribution in [2.75, 3.05) is 14.2 Å². The summed E-state index contributed by atoms with van der Waals surface area (Å²) in [4.78, 5) is 10.8. The molecule has 2 aromatic rings. The van der Waals surface area contributed by atoms with Gasteiger partial charge in [-0.15, -0.1) is 0 Å². The molecular formula is C15H19N5O4S. The van der Waals surface area contributed by atoms with E-state index in [4.69, 9.17) is 21.7 Å². The van der Waals surface area contributed by atoms with E-state index in [2.05, 4.69) is 15.3 Å². The summed E-state index contributed by atoms with van der Waals surface area (Å²) in [5.41, 5.74) is -0.214. The van der Waals surface area contributed by atoms with Crippen molar-refractivity contribution < 1.29 is 14.4 Å². The van der Waals surface area contributed by atoms with Gasteiger partial charge in [0.1, 0.15) is 0 Å². The number of aromatic amines is 1. The van der Waals surface area contributed by atoms with Gasteiger partial charge in [0.2, 0.25) is 4.77 Å². The van der Waals surface area contributed by atoms with Gasteiger partial charge in [0.15, 0.2) is 17.3 Å². The molecule has 2 rings (SSSR count). The van der Waals surface area contributed by atoms with E-state index in [1.54, 1.807) is 0 Å². The van der Waals surface area contributed by atoms with Crippen molar-refractivity contribution in [3.8, 4) is 11.5 Å². The highest BCUT2D eigenvalue weighted by Crippen LogP contribution is 2.33. The molecule has 9 nitrogen and oxygen atoms in total. The van der Waals surface area contributed by atoms with Crippen LogP contribution in [0.5, 0.6) is 11.5 Å². The number of rotatable bonds is 5. The molecule has 0 radical (unpaired) electrons. The van der Waals surface area contributed by atoms with Crippen LogP contribution in [-0.2, 0) is 5.41 Å². The third-order valence-electron chi connectivity index (χ3n) is 3.36. The van der Waals surface area contributed by atoms with Crippen molar-refractivity contribution in [1.82, 2.24) is 14.9 Å². The molecule has 1 N–H and O–H groups in total. The van der Waals surface area contributed by atoms with Gasteiger partial charge in [0, 0.05) is 5.41 Å². The van der Waals surface area contributed by atoms with Crippen LogP contribution in [0.4, 0.5) is 5.69 Å². The Bertz CT molecular complexity index is 879. The van der Waals surface area contributed by atoms with Crippen LogP contribution in [0.2, 0.25) is 0 Å². The van der Waals surface area contributed by atoms with Gasteiger partial charge in [-0.25, -0.2) is 0 Å². The number of nitrogens with zero attached hydrogens (tertiary/aromatic N) is 4. The molecule has 1 heterocycles. The van der Waals surface area contributed by atoms with Gasteiger partial charge in [-0.3, -0.25) is 15.2 Å². The van der Waals surface area contributed by atoms with Crippen molar-refractivity contribution in [3.63, 3.8) is 0 Å². The normalized spacial score (nSPS) is 11.7. The second-order valence-corrected chi connectivity index (χ2v) is 6.57. The lowest BCUT2D eigenvalue weighted by Gasteiger charge is -2.15. The number of ether oxygens (including phenoxy) is 2. The van der Waals surface area contributed by atoms with Gasteiger partial charge >= 0.3 is 0 Å². The largest absolute Gasteiger partial charge is 0.493 e. The smallest absolute Gasteiger partial charge is 0.282 e. The van der Waals surface area contributed by atoms with E-state index in [1.165, 1.54) is 37.2 Å². The molecule has 0 aliphatic carbocycles. The summed E-state index contributed by atoms with van der Waals surface area (Å²) in [6.07, 6.45) is 1.35. The Labute approximate surface area is 149 Å². The summed E-state index contributed by atoms with van der Waals surface area (Å²) in [7, 11) is 2.87. The average Bonchev–Trinajstić information content (AvgIpc) is 2.92. The van der Waals surface area contributed by atoms with E-state index < -0.39 is 4.92 Å². The fraction of sp³-hybridized carbons (Fsp3) is 0.400. The minimum atomic E-state index is -0.511. The van der Waals surface area contributed by atoms with E-state index in [-0.39, 0.29) is 22.4 Å². The maximum Gasteiger partial charge on any atom is 0.282 e. The first-order chi connectivity index (χ1) is 11.7. The third-order valence-corrected chi connectivity index (χ3v) is 3.63. The molecule has 0 fully saturated rings. The topological polar surface area (TPSA) is 108 Å². The van der Waals surface area contributed by atoms with Crippen LogP contribution in [0.3, 0.4) is 0 Å². The number of methoxy groups -OCH3 is 2. The predicted octanol–water partition coefficient (Wildman–Crippen LogP) is 3.05. The summed E-state index contributed by atoms with van der Waals surface area (Å²) in [6.45, 7) is 5.88. The minimum absolute atomic E-state index is 0.159. The molecule has 25 heavy (non-hydrogen) atoms. The zero-order chi connectivity index (χ0) is 18.8. The molecule has 1 aromatic heterocycles. The Hall–Kier alpha value is -2.75.